The maximum Gasteiger partial charge on any atom is 0.416 e. The van der Waals surface area contributed by atoms with Crippen LogP contribution in [0.2, 0.25) is 5.02 Å². The first-order chi connectivity index (χ1) is 14.2. The van der Waals surface area contributed by atoms with Crippen molar-refractivity contribution in [3.05, 3.63) is 71.3 Å². The van der Waals surface area contributed by atoms with Crippen LogP contribution < -0.4 is 5.32 Å². The predicted octanol–water partition coefficient (Wildman–Crippen LogP) is 3.66. The van der Waals surface area contributed by atoms with Crippen molar-refractivity contribution in [2.75, 3.05) is 11.9 Å². The second-order valence-electron chi connectivity index (χ2n) is 6.05. The van der Waals surface area contributed by atoms with Gasteiger partial charge >= 0.3 is 12.1 Å². The van der Waals surface area contributed by atoms with Crippen molar-refractivity contribution < 1.29 is 27.5 Å². The average Bonchev–Trinajstić information content (AvgIpc) is 3.22. The van der Waals surface area contributed by atoms with Crippen LogP contribution in [0.3, 0.4) is 0 Å². The zero-order valence-corrected chi connectivity index (χ0v) is 15.9. The molecule has 0 aliphatic heterocycles. The number of aromatic nitrogens is 3. The lowest BCUT2D eigenvalue weighted by atomic mass is 10.1. The van der Waals surface area contributed by atoms with E-state index >= 15 is 0 Å². The number of nitrogens with one attached hydrogen (secondary N) is 1. The van der Waals surface area contributed by atoms with Gasteiger partial charge in [0.15, 0.2) is 6.61 Å². The molecule has 7 nitrogen and oxygen atoms in total. The van der Waals surface area contributed by atoms with Gasteiger partial charge in [0.05, 0.1) is 23.4 Å². The predicted molar refractivity (Wildman–Crippen MR) is 101 cm³/mol. The molecule has 0 aliphatic rings. The number of hydrogen-bond donors (Lipinski definition) is 1. The van der Waals surface area contributed by atoms with Crippen LogP contribution in [0.4, 0.5) is 18.9 Å². The average molecular weight is 439 g/mol. The molecular weight excluding hydrogens is 425 g/mol. The minimum atomic E-state index is -4.61. The Balaban J connectivity index is 1.69. The standard InChI is InChI=1S/C19H14ClF3N4O3/c20-14-4-2-1-3-12(14)7-18(29)30-9-17(28)26-15-8-13(19(21,22)23)5-6-16(15)27-11-24-10-25-27/h1-6,8,10-11H,7,9H2,(H,26,28). The Morgan fingerprint density at radius 1 is 1.17 bits per heavy atom. The normalized spacial score (nSPS) is 11.2. The molecule has 0 bridgehead atoms. The SMILES string of the molecule is O=C(COC(=O)Cc1ccccc1Cl)Nc1cc(C(F)(F)F)ccc1-n1cncn1. The van der Waals surface area contributed by atoms with Crippen molar-refractivity contribution in [2.24, 2.45) is 0 Å². The number of halogens is 4. The fourth-order valence-electron chi connectivity index (χ4n) is 2.53. The molecule has 0 fully saturated rings. The summed E-state index contributed by atoms with van der Waals surface area (Å²) in [6.07, 6.45) is -2.30. The van der Waals surface area contributed by atoms with Gasteiger partial charge in [-0.3, -0.25) is 9.59 Å². The summed E-state index contributed by atoms with van der Waals surface area (Å²) in [5, 5.41) is 6.54. The van der Waals surface area contributed by atoms with Gasteiger partial charge in [-0.25, -0.2) is 9.67 Å². The largest absolute Gasteiger partial charge is 0.455 e. The van der Waals surface area contributed by atoms with E-state index in [4.69, 9.17) is 16.3 Å². The zero-order chi connectivity index (χ0) is 21.7. The molecule has 0 aliphatic carbocycles. The fraction of sp³-hybridized carbons (Fsp3) is 0.158. The number of ether oxygens (including phenoxy) is 1. The van der Waals surface area contributed by atoms with Crippen molar-refractivity contribution in [2.45, 2.75) is 12.6 Å². The van der Waals surface area contributed by atoms with Crippen LogP contribution in [0.25, 0.3) is 5.69 Å². The van der Waals surface area contributed by atoms with Crippen molar-refractivity contribution in [1.29, 1.82) is 0 Å². The number of esters is 1. The number of nitrogens with zero attached hydrogens (tertiary/aromatic N) is 3. The summed E-state index contributed by atoms with van der Waals surface area (Å²) >= 11 is 5.96. The molecule has 1 amide bonds. The molecule has 0 unspecified atom stereocenters. The Morgan fingerprint density at radius 3 is 2.60 bits per heavy atom. The molecule has 156 valence electrons. The molecule has 2 aromatic carbocycles. The highest BCUT2D eigenvalue weighted by atomic mass is 35.5. The highest BCUT2D eigenvalue weighted by molar-refractivity contribution is 6.31. The van der Waals surface area contributed by atoms with Crippen LogP contribution in [0.15, 0.2) is 55.1 Å². The number of hydrogen-bond acceptors (Lipinski definition) is 5. The summed E-state index contributed by atoms with van der Waals surface area (Å²) in [6.45, 7) is -0.684. The van der Waals surface area contributed by atoms with Crippen LogP contribution in [0.5, 0.6) is 0 Å². The summed E-state index contributed by atoms with van der Waals surface area (Å²) < 4.78 is 45.2. The smallest absolute Gasteiger partial charge is 0.416 e. The molecular formula is C19H14ClF3N4O3. The van der Waals surface area contributed by atoms with E-state index in [1.54, 1.807) is 24.3 Å². The third-order valence-corrected chi connectivity index (χ3v) is 4.29. The Hall–Kier alpha value is -3.40. The second kappa shape index (κ2) is 8.95. The minimum Gasteiger partial charge on any atom is -0.455 e. The maximum atomic E-state index is 13.0. The topological polar surface area (TPSA) is 86.1 Å². The van der Waals surface area contributed by atoms with Gasteiger partial charge in [0, 0.05) is 5.02 Å². The lowest BCUT2D eigenvalue weighted by Crippen LogP contribution is -2.23. The van der Waals surface area contributed by atoms with Gasteiger partial charge in [0.2, 0.25) is 0 Å². The lowest BCUT2D eigenvalue weighted by Gasteiger charge is -2.14. The van der Waals surface area contributed by atoms with Gasteiger partial charge in [0.1, 0.15) is 12.7 Å². The van der Waals surface area contributed by atoms with Crippen molar-refractivity contribution in [1.82, 2.24) is 14.8 Å². The highest BCUT2D eigenvalue weighted by Crippen LogP contribution is 2.33. The number of benzene rings is 2. The van der Waals surface area contributed by atoms with E-state index in [2.05, 4.69) is 15.4 Å². The maximum absolute atomic E-state index is 13.0. The number of amides is 1. The molecule has 0 atom stereocenters. The summed E-state index contributed by atoms with van der Waals surface area (Å²) in [7, 11) is 0. The fourth-order valence-corrected chi connectivity index (χ4v) is 2.73. The summed E-state index contributed by atoms with van der Waals surface area (Å²) in [5.41, 5.74) is -0.438. The third-order valence-electron chi connectivity index (χ3n) is 3.92. The molecule has 0 saturated heterocycles. The van der Waals surface area contributed by atoms with E-state index in [0.29, 0.717) is 10.6 Å². The van der Waals surface area contributed by atoms with Crippen LogP contribution in [0.1, 0.15) is 11.1 Å². The van der Waals surface area contributed by atoms with E-state index in [-0.39, 0.29) is 17.8 Å². The first-order valence-electron chi connectivity index (χ1n) is 8.49. The van der Waals surface area contributed by atoms with Crippen molar-refractivity contribution >= 4 is 29.2 Å². The summed E-state index contributed by atoms with van der Waals surface area (Å²) in [6, 6.07) is 9.41. The van der Waals surface area contributed by atoms with Crippen molar-refractivity contribution in [3.8, 4) is 5.69 Å². The molecule has 3 rings (SSSR count). The zero-order valence-electron chi connectivity index (χ0n) is 15.2. The van der Waals surface area contributed by atoms with E-state index in [0.717, 1.165) is 18.2 Å². The van der Waals surface area contributed by atoms with Gasteiger partial charge in [-0.15, -0.1) is 0 Å². The molecule has 1 aromatic heterocycles. The van der Waals surface area contributed by atoms with Crippen LogP contribution in [0, 0.1) is 0 Å². The second-order valence-corrected chi connectivity index (χ2v) is 6.45. The van der Waals surface area contributed by atoms with Crippen LogP contribution in [-0.4, -0.2) is 33.2 Å². The molecule has 0 spiro atoms. The van der Waals surface area contributed by atoms with Crippen molar-refractivity contribution in [3.63, 3.8) is 0 Å². The minimum absolute atomic E-state index is 0.152. The van der Waals surface area contributed by atoms with E-state index in [1.165, 1.54) is 17.3 Å². The van der Waals surface area contributed by atoms with E-state index in [1.807, 2.05) is 0 Å². The Bertz CT molecular complexity index is 1060. The lowest BCUT2D eigenvalue weighted by molar-refractivity contribution is -0.146. The number of carbonyl (C=O) groups is 2. The van der Waals surface area contributed by atoms with E-state index in [9.17, 15) is 22.8 Å². The van der Waals surface area contributed by atoms with Gasteiger partial charge in [0.25, 0.3) is 5.91 Å². The molecule has 11 heteroatoms. The third kappa shape index (κ3) is 5.35. The molecule has 3 aromatic rings. The van der Waals surface area contributed by atoms with Gasteiger partial charge in [-0.2, -0.15) is 18.3 Å². The number of alkyl halides is 3. The summed E-state index contributed by atoms with van der Waals surface area (Å²) in [5.74, 6) is -1.53. The highest BCUT2D eigenvalue weighted by Gasteiger charge is 2.31. The molecule has 0 radical (unpaired) electrons. The quantitative estimate of drug-likeness (QED) is 0.593. The number of anilines is 1. The molecule has 30 heavy (non-hydrogen) atoms. The van der Waals surface area contributed by atoms with Gasteiger partial charge in [-0.1, -0.05) is 29.8 Å². The Morgan fingerprint density at radius 2 is 1.93 bits per heavy atom. The van der Waals surface area contributed by atoms with Gasteiger partial charge < -0.3 is 10.1 Å². The number of carbonyl (C=O) groups excluding carboxylic acids is 2. The van der Waals surface area contributed by atoms with Gasteiger partial charge in [-0.05, 0) is 29.8 Å². The van der Waals surface area contributed by atoms with Crippen LogP contribution >= 0.6 is 11.6 Å². The summed E-state index contributed by atoms with van der Waals surface area (Å²) in [4.78, 5) is 27.8. The number of rotatable bonds is 6. The molecule has 0 saturated carbocycles. The Labute approximate surface area is 173 Å². The Kier molecular flexibility index (Phi) is 6.36. The monoisotopic (exact) mass is 438 g/mol. The first kappa shape index (κ1) is 21.3. The molecule has 1 N–H and O–H groups in total. The molecule has 1 heterocycles. The first-order valence-corrected chi connectivity index (χ1v) is 8.87. The van der Waals surface area contributed by atoms with Crippen LogP contribution in [-0.2, 0) is 26.9 Å². The van der Waals surface area contributed by atoms with E-state index < -0.39 is 30.2 Å².